The molecule has 0 bridgehead atoms. The van der Waals surface area contributed by atoms with Crippen LogP contribution in [0.4, 0.5) is 13.2 Å². The molecule has 0 aromatic heterocycles. The monoisotopic (exact) mass is 199 g/mol. The van der Waals surface area contributed by atoms with Gasteiger partial charge in [-0.05, 0) is 12.8 Å². The van der Waals surface area contributed by atoms with Crippen LogP contribution < -0.4 is 0 Å². The van der Waals surface area contributed by atoms with Crippen molar-refractivity contribution in [3.8, 4) is 0 Å². The van der Waals surface area contributed by atoms with E-state index in [4.69, 9.17) is 5.11 Å². The van der Waals surface area contributed by atoms with E-state index in [-0.39, 0.29) is 13.1 Å². The summed E-state index contributed by atoms with van der Waals surface area (Å²) in [7, 11) is 1.00. The summed E-state index contributed by atoms with van der Waals surface area (Å²) in [4.78, 5) is 11.3. The molecule has 0 radical (unpaired) electrons. The highest BCUT2D eigenvalue weighted by atomic mass is 19.4. The minimum Gasteiger partial charge on any atom is -0.400 e. The normalized spacial score (nSPS) is 16.5. The Morgan fingerprint density at radius 3 is 1.92 bits per heavy atom. The Balaban J connectivity index is 0.000000671. The smallest absolute Gasteiger partial charge is 0.400 e. The molecule has 0 atom stereocenters. The Hall–Kier alpha value is -0.780. The molecule has 3 nitrogen and oxygen atoms in total. The minimum absolute atomic E-state index is 0.248. The van der Waals surface area contributed by atoms with Gasteiger partial charge >= 0.3 is 12.1 Å². The van der Waals surface area contributed by atoms with Crippen LogP contribution in [0, 0.1) is 0 Å². The summed E-state index contributed by atoms with van der Waals surface area (Å²) in [6, 6.07) is 0. The summed E-state index contributed by atoms with van der Waals surface area (Å²) >= 11 is 0. The number of aliphatic hydroxyl groups is 1. The number of hydrogen-bond acceptors (Lipinski definition) is 2. The molecule has 1 heterocycles. The van der Waals surface area contributed by atoms with Gasteiger partial charge in [0.15, 0.2) is 0 Å². The Morgan fingerprint density at radius 2 is 1.62 bits per heavy atom. The first-order chi connectivity index (χ1) is 6.02. The fourth-order valence-electron chi connectivity index (χ4n) is 1.10. The van der Waals surface area contributed by atoms with E-state index >= 15 is 0 Å². The van der Waals surface area contributed by atoms with Gasteiger partial charge < -0.3 is 10.0 Å². The lowest BCUT2D eigenvalue weighted by atomic mass is 10.4. The van der Waals surface area contributed by atoms with Gasteiger partial charge in [0.1, 0.15) is 0 Å². The molecule has 1 rings (SSSR count). The van der Waals surface area contributed by atoms with Gasteiger partial charge in [-0.15, -0.1) is 0 Å². The maximum absolute atomic E-state index is 11.7. The van der Waals surface area contributed by atoms with Crippen LogP contribution in [0.3, 0.4) is 0 Å². The van der Waals surface area contributed by atoms with Gasteiger partial charge in [-0.2, -0.15) is 13.2 Å². The van der Waals surface area contributed by atoms with Crippen molar-refractivity contribution in [3.63, 3.8) is 0 Å². The molecule has 1 fully saturated rings. The average Bonchev–Trinajstić information content (AvgIpc) is 2.57. The molecule has 13 heavy (non-hydrogen) atoms. The molecule has 0 aliphatic carbocycles. The summed E-state index contributed by atoms with van der Waals surface area (Å²) in [5, 5.41) is 7.00. The number of alkyl halides is 3. The Labute approximate surface area is 74.1 Å². The molecule has 6 heteroatoms. The van der Waals surface area contributed by atoms with Crippen molar-refractivity contribution in [1.82, 2.24) is 4.90 Å². The minimum atomic E-state index is -4.69. The number of hydrogen-bond donors (Lipinski definition) is 1. The molecule has 1 N–H and O–H groups in total. The second kappa shape index (κ2) is 5.06. The van der Waals surface area contributed by atoms with Gasteiger partial charge in [-0.25, -0.2) is 0 Å². The third-order valence-corrected chi connectivity index (χ3v) is 1.64. The molecule has 0 aromatic rings. The first-order valence-electron chi connectivity index (χ1n) is 3.82. The quantitative estimate of drug-likeness (QED) is 0.626. The lowest BCUT2D eigenvalue weighted by Crippen LogP contribution is -2.39. The van der Waals surface area contributed by atoms with Crippen molar-refractivity contribution >= 4 is 5.91 Å². The Morgan fingerprint density at radius 1 is 1.23 bits per heavy atom. The predicted octanol–water partition coefficient (Wildman–Crippen LogP) is 0.780. The van der Waals surface area contributed by atoms with Crippen LogP contribution in [0.15, 0.2) is 0 Å². The Kier molecular flexibility index (Phi) is 4.76. The topological polar surface area (TPSA) is 40.5 Å². The van der Waals surface area contributed by atoms with E-state index < -0.39 is 12.1 Å². The molecule has 0 saturated carbocycles. The van der Waals surface area contributed by atoms with Gasteiger partial charge in [0.05, 0.1) is 0 Å². The molecular weight excluding hydrogens is 187 g/mol. The number of rotatable bonds is 0. The van der Waals surface area contributed by atoms with Crippen molar-refractivity contribution in [3.05, 3.63) is 0 Å². The van der Waals surface area contributed by atoms with E-state index in [0.717, 1.165) is 12.0 Å². The lowest BCUT2D eigenvalue weighted by molar-refractivity contribution is -0.184. The van der Waals surface area contributed by atoms with Crippen molar-refractivity contribution in [2.45, 2.75) is 19.0 Å². The standard InChI is InChI=1S/C6H8F3NO.CH4O/c7-6(8,9)5(11)10-3-1-2-4-10;1-2/h1-4H2;2H,1H3. The number of carbonyl (C=O) groups excluding carboxylic acids is 1. The fourth-order valence-corrected chi connectivity index (χ4v) is 1.10. The molecular formula is C7H12F3NO2. The molecule has 1 aliphatic rings. The van der Waals surface area contributed by atoms with Crippen LogP contribution in [-0.2, 0) is 4.79 Å². The van der Waals surface area contributed by atoms with E-state index in [1.54, 1.807) is 0 Å². The zero-order valence-electron chi connectivity index (χ0n) is 7.26. The van der Waals surface area contributed by atoms with Crippen molar-refractivity contribution < 1.29 is 23.1 Å². The molecule has 0 spiro atoms. The summed E-state index contributed by atoms with van der Waals surface area (Å²) in [5.74, 6) is -1.70. The molecule has 1 amide bonds. The SMILES string of the molecule is CO.O=C(N1CCCC1)C(F)(F)F. The number of carbonyl (C=O) groups is 1. The van der Waals surface area contributed by atoms with Crippen LogP contribution in [0.25, 0.3) is 0 Å². The zero-order valence-corrected chi connectivity index (χ0v) is 7.26. The first-order valence-corrected chi connectivity index (χ1v) is 3.82. The molecule has 1 saturated heterocycles. The average molecular weight is 199 g/mol. The fraction of sp³-hybridized carbons (Fsp3) is 0.857. The van der Waals surface area contributed by atoms with Gasteiger partial charge in [-0.3, -0.25) is 4.79 Å². The van der Waals surface area contributed by atoms with E-state index in [2.05, 4.69) is 0 Å². The van der Waals surface area contributed by atoms with E-state index in [9.17, 15) is 18.0 Å². The second-order valence-corrected chi connectivity index (χ2v) is 2.50. The molecule has 0 unspecified atom stereocenters. The van der Waals surface area contributed by atoms with E-state index in [0.29, 0.717) is 12.8 Å². The van der Waals surface area contributed by atoms with Gasteiger partial charge in [-0.1, -0.05) is 0 Å². The molecule has 1 aliphatic heterocycles. The number of likely N-dealkylation sites (tertiary alicyclic amines) is 1. The van der Waals surface area contributed by atoms with Gasteiger partial charge in [0.25, 0.3) is 0 Å². The van der Waals surface area contributed by atoms with Crippen molar-refractivity contribution in [1.29, 1.82) is 0 Å². The van der Waals surface area contributed by atoms with Crippen LogP contribution in [0.1, 0.15) is 12.8 Å². The summed E-state index contributed by atoms with van der Waals surface area (Å²) in [5.41, 5.74) is 0. The highest BCUT2D eigenvalue weighted by Gasteiger charge is 2.42. The predicted molar refractivity (Wildman–Crippen MR) is 40.0 cm³/mol. The van der Waals surface area contributed by atoms with Gasteiger partial charge in [0.2, 0.25) is 0 Å². The highest BCUT2D eigenvalue weighted by Crippen LogP contribution is 2.21. The first kappa shape index (κ1) is 12.2. The van der Waals surface area contributed by atoms with Crippen LogP contribution >= 0.6 is 0 Å². The number of aliphatic hydroxyl groups excluding tert-OH is 1. The maximum atomic E-state index is 11.7. The molecule has 0 aromatic carbocycles. The lowest BCUT2D eigenvalue weighted by Gasteiger charge is -2.16. The number of nitrogens with zero attached hydrogens (tertiary/aromatic N) is 1. The van der Waals surface area contributed by atoms with Crippen LogP contribution in [0.5, 0.6) is 0 Å². The van der Waals surface area contributed by atoms with Crippen LogP contribution in [0.2, 0.25) is 0 Å². The summed E-state index contributed by atoms with van der Waals surface area (Å²) in [6.07, 6.45) is -3.33. The van der Waals surface area contributed by atoms with Gasteiger partial charge in [0, 0.05) is 20.2 Å². The second-order valence-electron chi connectivity index (χ2n) is 2.50. The summed E-state index contributed by atoms with van der Waals surface area (Å²) < 4.78 is 35.1. The van der Waals surface area contributed by atoms with Crippen molar-refractivity contribution in [2.24, 2.45) is 0 Å². The van der Waals surface area contributed by atoms with E-state index in [1.807, 2.05) is 0 Å². The van der Waals surface area contributed by atoms with Crippen molar-refractivity contribution in [2.75, 3.05) is 20.2 Å². The third kappa shape index (κ3) is 3.63. The number of amides is 1. The molecule has 78 valence electrons. The Bertz CT molecular complexity index is 164. The zero-order chi connectivity index (χ0) is 10.5. The highest BCUT2D eigenvalue weighted by molar-refractivity contribution is 5.82. The largest absolute Gasteiger partial charge is 0.471 e. The summed E-state index contributed by atoms with van der Waals surface area (Å²) in [6.45, 7) is 0.497. The number of halogens is 3. The van der Waals surface area contributed by atoms with Crippen LogP contribution in [-0.4, -0.2) is 42.3 Å². The van der Waals surface area contributed by atoms with E-state index in [1.165, 1.54) is 0 Å². The maximum Gasteiger partial charge on any atom is 0.471 e. The third-order valence-electron chi connectivity index (χ3n) is 1.64.